The molecule has 7 unspecified atom stereocenters. The van der Waals surface area contributed by atoms with Crippen LogP contribution in [0.4, 0.5) is 0 Å². The van der Waals surface area contributed by atoms with Crippen molar-refractivity contribution in [2.45, 2.75) is 99.0 Å². The molecule has 0 aromatic rings. The molecular weight excluding hydrogens is 456 g/mol. The number of aliphatic hydroxyl groups is 10. The van der Waals surface area contributed by atoms with Crippen LogP contribution < -0.4 is 0 Å². The maximum absolute atomic E-state index is 10.6. The number of hydrogen-bond donors (Lipinski definition) is 10. The van der Waals surface area contributed by atoms with Gasteiger partial charge in [-0.3, -0.25) is 0 Å². The lowest BCUT2D eigenvalue weighted by Gasteiger charge is -2.48. The van der Waals surface area contributed by atoms with Crippen LogP contribution in [0.5, 0.6) is 0 Å². The molecule has 3 saturated heterocycles. The SMILES string of the molecule is CC1O[C@H](OC2C(O)[C@@H](O)[C@H](CO)O[C@H]2O[C@@H]2C(CO)O[C@@H](O)C(O)[C@H]2O)C(O)C(O)[C@H]1O. The van der Waals surface area contributed by atoms with Crippen LogP contribution in [0.1, 0.15) is 6.92 Å². The lowest BCUT2D eigenvalue weighted by atomic mass is 9.96. The van der Waals surface area contributed by atoms with E-state index in [1.54, 1.807) is 0 Å². The third kappa shape index (κ3) is 5.32. The fourth-order valence-corrected chi connectivity index (χ4v) is 3.98. The van der Waals surface area contributed by atoms with E-state index >= 15 is 0 Å². The Balaban J connectivity index is 1.83. The zero-order valence-corrected chi connectivity index (χ0v) is 17.6. The highest BCUT2D eigenvalue weighted by atomic mass is 16.8. The first-order chi connectivity index (χ1) is 15.5. The summed E-state index contributed by atoms with van der Waals surface area (Å²) in [6, 6.07) is 0. The molecule has 0 aromatic carbocycles. The van der Waals surface area contributed by atoms with Crippen molar-refractivity contribution < 1.29 is 74.7 Å². The number of ether oxygens (including phenoxy) is 5. The van der Waals surface area contributed by atoms with E-state index in [9.17, 15) is 51.1 Å². The fourth-order valence-electron chi connectivity index (χ4n) is 3.98. The molecule has 10 N–H and O–H groups in total. The molecule has 3 aliphatic heterocycles. The van der Waals surface area contributed by atoms with Crippen LogP contribution in [0.15, 0.2) is 0 Å². The van der Waals surface area contributed by atoms with Crippen molar-refractivity contribution in [3.05, 3.63) is 0 Å². The van der Waals surface area contributed by atoms with Gasteiger partial charge in [0.05, 0.1) is 19.3 Å². The predicted molar refractivity (Wildman–Crippen MR) is 99.8 cm³/mol. The standard InChI is InChI=1S/C18H32O15/c1-4-7(21)9(23)13(27)17(29-4)33-15-10(24)8(22)5(2-19)31-18(15)32-14-6(3-20)30-16(28)12(26)11(14)25/h4-28H,2-3H2,1H3/t4?,5-,6?,7-,8-,9?,10?,11+,12?,13?,14+,15?,16+,17+,18-/m0/s1. The van der Waals surface area contributed by atoms with Crippen LogP contribution in [-0.4, -0.2) is 156 Å². The Kier molecular flexibility index (Phi) is 8.99. The third-order valence-corrected chi connectivity index (χ3v) is 6.05. The molecule has 194 valence electrons. The molecule has 3 aliphatic rings. The van der Waals surface area contributed by atoms with Gasteiger partial charge >= 0.3 is 0 Å². The molecule has 0 amide bonds. The molecule has 33 heavy (non-hydrogen) atoms. The summed E-state index contributed by atoms with van der Waals surface area (Å²) in [5, 5.41) is 99.8. The Labute approximate surface area is 187 Å². The van der Waals surface area contributed by atoms with E-state index in [2.05, 4.69) is 0 Å². The summed E-state index contributed by atoms with van der Waals surface area (Å²) in [5.74, 6) is 0. The molecule has 0 saturated carbocycles. The lowest BCUT2D eigenvalue weighted by molar-refractivity contribution is -0.385. The van der Waals surface area contributed by atoms with Crippen molar-refractivity contribution in [1.82, 2.24) is 0 Å². The average molecular weight is 488 g/mol. The van der Waals surface area contributed by atoms with E-state index in [-0.39, 0.29) is 0 Å². The molecule has 0 bridgehead atoms. The number of rotatable bonds is 6. The first-order valence-electron chi connectivity index (χ1n) is 10.4. The fraction of sp³-hybridized carbons (Fsp3) is 1.00. The number of hydrogen-bond acceptors (Lipinski definition) is 15. The zero-order valence-electron chi connectivity index (χ0n) is 17.6. The van der Waals surface area contributed by atoms with Gasteiger partial charge in [-0.25, -0.2) is 0 Å². The lowest BCUT2D eigenvalue weighted by Crippen LogP contribution is -2.66. The Bertz CT molecular complexity index is 624. The van der Waals surface area contributed by atoms with Gasteiger partial charge < -0.3 is 74.7 Å². The van der Waals surface area contributed by atoms with Crippen LogP contribution in [-0.2, 0) is 23.7 Å². The summed E-state index contributed by atoms with van der Waals surface area (Å²) < 4.78 is 26.9. The van der Waals surface area contributed by atoms with E-state index in [1.807, 2.05) is 0 Å². The minimum atomic E-state index is -1.83. The molecule has 3 fully saturated rings. The minimum absolute atomic E-state index is 0.760. The molecule has 0 aliphatic carbocycles. The largest absolute Gasteiger partial charge is 0.394 e. The van der Waals surface area contributed by atoms with Crippen LogP contribution in [0.25, 0.3) is 0 Å². The van der Waals surface area contributed by atoms with Gasteiger partial charge in [-0.15, -0.1) is 0 Å². The first kappa shape index (κ1) is 27.0. The van der Waals surface area contributed by atoms with E-state index in [0.717, 1.165) is 0 Å². The van der Waals surface area contributed by atoms with Gasteiger partial charge in [0.15, 0.2) is 18.9 Å². The summed E-state index contributed by atoms with van der Waals surface area (Å²) >= 11 is 0. The highest BCUT2D eigenvalue weighted by Gasteiger charge is 2.53. The maximum atomic E-state index is 10.6. The van der Waals surface area contributed by atoms with Crippen molar-refractivity contribution in [1.29, 1.82) is 0 Å². The molecule has 0 aromatic heterocycles. The van der Waals surface area contributed by atoms with E-state index in [4.69, 9.17) is 23.7 Å². The van der Waals surface area contributed by atoms with Gasteiger partial charge in [-0.1, -0.05) is 0 Å². The molecule has 15 atom stereocenters. The molecule has 0 radical (unpaired) electrons. The quantitative estimate of drug-likeness (QED) is 0.167. The highest BCUT2D eigenvalue weighted by Crippen LogP contribution is 2.32. The normalized spacial score (nSPS) is 53.7. The van der Waals surface area contributed by atoms with Gasteiger partial charge in [-0.05, 0) is 6.92 Å². The zero-order chi connectivity index (χ0) is 24.6. The van der Waals surface area contributed by atoms with Crippen LogP contribution in [0.2, 0.25) is 0 Å². The smallest absolute Gasteiger partial charge is 0.187 e. The second-order valence-corrected chi connectivity index (χ2v) is 8.32. The second-order valence-electron chi connectivity index (χ2n) is 8.32. The van der Waals surface area contributed by atoms with Crippen molar-refractivity contribution >= 4 is 0 Å². The van der Waals surface area contributed by atoms with E-state index in [1.165, 1.54) is 6.92 Å². The molecule has 3 rings (SSSR count). The Morgan fingerprint density at radius 2 is 1.12 bits per heavy atom. The van der Waals surface area contributed by atoms with Gasteiger partial charge in [0, 0.05) is 0 Å². The minimum Gasteiger partial charge on any atom is -0.394 e. The summed E-state index contributed by atoms with van der Waals surface area (Å²) in [4.78, 5) is 0. The Morgan fingerprint density at radius 3 is 1.73 bits per heavy atom. The summed E-state index contributed by atoms with van der Waals surface area (Å²) in [7, 11) is 0. The van der Waals surface area contributed by atoms with Gasteiger partial charge in [0.2, 0.25) is 0 Å². The summed E-state index contributed by atoms with van der Waals surface area (Å²) in [6.07, 6.45) is -24.1. The molecule has 3 heterocycles. The predicted octanol–water partition coefficient (Wildman–Crippen LogP) is -6.55. The van der Waals surface area contributed by atoms with Crippen LogP contribution >= 0.6 is 0 Å². The van der Waals surface area contributed by atoms with Crippen molar-refractivity contribution in [2.75, 3.05) is 13.2 Å². The average Bonchev–Trinajstić information content (AvgIpc) is 2.80. The Morgan fingerprint density at radius 1 is 0.545 bits per heavy atom. The molecular formula is C18H32O15. The van der Waals surface area contributed by atoms with E-state index in [0.29, 0.717) is 0 Å². The topological polar surface area (TPSA) is 248 Å². The Hall–Kier alpha value is -0.600. The first-order valence-corrected chi connectivity index (χ1v) is 10.4. The number of aliphatic hydroxyl groups excluding tert-OH is 10. The maximum Gasteiger partial charge on any atom is 0.187 e. The van der Waals surface area contributed by atoms with Gasteiger partial charge in [0.25, 0.3) is 0 Å². The van der Waals surface area contributed by atoms with Crippen molar-refractivity contribution in [3.63, 3.8) is 0 Å². The van der Waals surface area contributed by atoms with Crippen molar-refractivity contribution in [2.24, 2.45) is 0 Å². The van der Waals surface area contributed by atoms with Crippen LogP contribution in [0, 0.1) is 0 Å². The second kappa shape index (κ2) is 11.0. The molecule has 15 heteroatoms. The van der Waals surface area contributed by atoms with Crippen LogP contribution in [0.3, 0.4) is 0 Å². The third-order valence-electron chi connectivity index (χ3n) is 6.05. The summed E-state index contributed by atoms with van der Waals surface area (Å²) in [6.45, 7) is -0.128. The molecule has 15 nitrogen and oxygen atoms in total. The van der Waals surface area contributed by atoms with Crippen molar-refractivity contribution in [3.8, 4) is 0 Å². The van der Waals surface area contributed by atoms with E-state index < -0.39 is 105 Å². The van der Waals surface area contributed by atoms with Gasteiger partial charge in [0.1, 0.15) is 67.1 Å². The monoisotopic (exact) mass is 488 g/mol. The highest BCUT2D eigenvalue weighted by molar-refractivity contribution is 4.95. The summed E-state index contributed by atoms with van der Waals surface area (Å²) in [5.41, 5.74) is 0. The van der Waals surface area contributed by atoms with Gasteiger partial charge in [-0.2, -0.15) is 0 Å². The molecule has 0 spiro atoms.